The fourth-order valence-corrected chi connectivity index (χ4v) is 3.91. The summed E-state index contributed by atoms with van der Waals surface area (Å²) in [5, 5.41) is 1.02. The molecule has 0 saturated heterocycles. The first-order valence-electron chi connectivity index (χ1n) is 10.4. The molecular weight excluding hydrogens is 396 g/mol. The van der Waals surface area contributed by atoms with Gasteiger partial charge in [-0.2, -0.15) is 0 Å². The van der Waals surface area contributed by atoms with Crippen molar-refractivity contribution in [1.29, 1.82) is 0 Å². The Hall–Kier alpha value is -4.18. The maximum atomic E-state index is 5.35. The van der Waals surface area contributed by atoms with Crippen molar-refractivity contribution in [2.75, 3.05) is 14.2 Å². The Kier molecular flexibility index (Phi) is 5.26. The summed E-state index contributed by atoms with van der Waals surface area (Å²) in [6.45, 7) is 0. The summed E-state index contributed by atoms with van der Waals surface area (Å²) in [5.74, 6) is 2.34. The zero-order valence-electron chi connectivity index (χ0n) is 17.9. The number of para-hydroxylation sites is 1. The second kappa shape index (κ2) is 8.52. The largest absolute Gasteiger partial charge is 0.497 e. The Labute approximate surface area is 187 Å². The van der Waals surface area contributed by atoms with Gasteiger partial charge in [0.1, 0.15) is 11.5 Å². The average Bonchev–Trinajstić information content (AvgIpc) is 2.88. The third-order valence-electron chi connectivity index (χ3n) is 5.58. The lowest BCUT2D eigenvalue weighted by atomic mass is 9.91. The summed E-state index contributed by atoms with van der Waals surface area (Å²) in [6, 6.07) is 30.5. The lowest BCUT2D eigenvalue weighted by molar-refractivity contribution is 0.415. The van der Waals surface area contributed by atoms with Crippen LogP contribution in [-0.4, -0.2) is 24.2 Å². The lowest BCUT2D eigenvalue weighted by Gasteiger charge is -2.16. The van der Waals surface area contributed by atoms with E-state index in [1.165, 1.54) is 0 Å². The van der Waals surface area contributed by atoms with E-state index >= 15 is 0 Å². The smallest absolute Gasteiger partial charge is 0.161 e. The van der Waals surface area contributed by atoms with E-state index in [0.717, 1.165) is 50.2 Å². The van der Waals surface area contributed by atoms with E-state index in [9.17, 15) is 0 Å². The van der Waals surface area contributed by atoms with E-state index in [4.69, 9.17) is 19.4 Å². The van der Waals surface area contributed by atoms with Crippen molar-refractivity contribution in [3.05, 3.63) is 97.2 Å². The molecule has 5 aromatic rings. The third-order valence-corrected chi connectivity index (χ3v) is 5.58. The minimum atomic E-state index is 0.695. The minimum Gasteiger partial charge on any atom is -0.497 e. The predicted octanol–water partition coefficient (Wildman–Crippen LogP) is 6.65. The Morgan fingerprint density at radius 3 is 1.72 bits per heavy atom. The number of ether oxygens (including phenoxy) is 2. The highest BCUT2D eigenvalue weighted by Crippen LogP contribution is 2.39. The van der Waals surface area contributed by atoms with Crippen molar-refractivity contribution in [2.45, 2.75) is 0 Å². The molecule has 156 valence electrons. The molecule has 0 saturated carbocycles. The molecule has 4 aromatic carbocycles. The molecule has 0 atom stereocenters. The van der Waals surface area contributed by atoms with Gasteiger partial charge in [-0.25, -0.2) is 9.97 Å². The number of methoxy groups -OCH3 is 2. The van der Waals surface area contributed by atoms with Crippen molar-refractivity contribution < 1.29 is 9.47 Å². The Balaban J connectivity index is 1.76. The highest BCUT2D eigenvalue weighted by atomic mass is 16.5. The summed E-state index contributed by atoms with van der Waals surface area (Å²) in [4.78, 5) is 9.68. The monoisotopic (exact) mass is 418 g/mol. The molecule has 32 heavy (non-hydrogen) atoms. The molecule has 0 radical (unpaired) electrons. The van der Waals surface area contributed by atoms with E-state index in [1.54, 1.807) is 14.2 Å². The zero-order valence-corrected chi connectivity index (χ0v) is 17.9. The first-order valence-corrected chi connectivity index (χ1v) is 10.4. The van der Waals surface area contributed by atoms with Crippen molar-refractivity contribution >= 4 is 10.9 Å². The van der Waals surface area contributed by atoms with E-state index in [-0.39, 0.29) is 0 Å². The maximum Gasteiger partial charge on any atom is 0.161 e. The van der Waals surface area contributed by atoms with Gasteiger partial charge in [0, 0.05) is 17.1 Å². The van der Waals surface area contributed by atoms with Crippen molar-refractivity contribution in [1.82, 2.24) is 9.97 Å². The van der Waals surface area contributed by atoms with Gasteiger partial charge < -0.3 is 9.47 Å². The first-order chi connectivity index (χ1) is 15.8. The number of aromatic nitrogens is 2. The van der Waals surface area contributed by atoms with Gasteiger partial charge in [0.2, 0.25) is 0 Å². The Bertz CT molecular complexity index is 1310. The third kappa shape index (κ3) is 3.67. The normalized spacial score (nSPS) is 10.8. The van der Waals surface area contributed by atoms with E-state index in [1.807, 2.05) is 54.7 Å². The standard InChI is InChI=1S/C28H22N2O2/c1-31-22-14-10-19(11-15-22)24-7-5-8-25(20-12-16-23(32-2)17-13-20)27(24)28-29-18-21-6-3-4-9-26(21)30-28/h3-18H,1-2H3. The van der Waals surface area contributed by atoms with Crippen LogP contribution in [0.2, 0.25) is 0 Å². The van der Waals surface area contributed by atoms with Crippen LogP contribution in [0.25, 0.3) is 44.5 Å². The van der Waals surface area contributed by atoms with Gasteiger partial charge in [0.05, 0.1) is 19.7 Å². The van der Waals surface area contributed by atoms with Crippen LogP contribution in [0.5, 0.6) is 11.5 Å². The molecule has 0 fully saturated rings. The highest BCUT2D eigenvalue weighted by molar-refractivity contribution is 5.93. The molecule has 0 aliphatic heterocycles. The maximum absolute atomic E-state index is 5.35. The molecule has 0 aliphatic rings. The quantitative estimate of drug-likeness (QED) is 0.321. The van der Waals surface area contributed by atoms with Gasteiger partial charge in [-0.05, 0) is 52.6 Å². The van der Waals surface area contributed by atoms with Crippen LogP contribution in [0, 0.1) is 0 Å². The first kappa shape index (κ1) is 19.8. The van der Waals surface area contributed by atoms with Gasteiger partial charge in [0.25, 0.3) is 0 Å². The molecule has 1 aromatic heterocycles. The van der Waals surface area contributed by atoms with Crippen LogP contribution < -0.4 is 9.47 Å². The summed E-state index contributed by atoms with van der Waals surface area (Å²) in [5.41, 5.74) is 6.20. The number of nitrogens with zero attached hydrogens (tertiary/aromatic N) is 2. The molecule has 0 unspecified atom stereocenters. The van der Waals surface area contributed by atoms with Crippen LogP contribution in [0.3, 0.4) is 0 Å². The van der Waals surface area contributed by atoms with Gasteiger partial charge >= 0.3 is 0 Å². The summed E-state index contributed by atoms with van der Waals surface area (Å²) in [6.07, 6.45) is 1.89. The molecule has 0 spiro atoms. The van der Waals surface area contributed by atoms with Gasteiger partial charge in [-0.15, -0.1) is 0 Å². The van der Waals surface area contributed by atoms with Crippen LogP contribution in [-0.2, 0) is 0 Å². The minimum absolute atomic E-state index is 0.695. The zero-order chi connectivity index (χ0) is 21.9. The predicted molar refractivity (Wildman–Crippen MR) is 129 cm³/mol. The second-order valence-electron chi connectivity index (χ2n) is 7.44. The van der Waals surface area contributed by atoms with Crippen molar-refractivity contribution in [3.63, 3.8) is 0 Å². The molecule has 1 heterocycles. The lowest BCUT2D eigenvalue weighted by Crippen LogP contribution is -1.96. The summed E-state index contributed by atoms with van der Waals surface area (Å²) in [7, 11) is 3.35. The molecule has 0 aliphatic carbocycles. The molecule has 4 heteroatoms. The van der Waals surface area contributed by atoms with Crippen molar-refractivity contribution in [3.8, 4) is 45.1 Å². The Morgan fingerprint density at radius 2 is 1.16 bits per heavy atom. The highest BCUT2D eigenvalue weighted by Gasteiger charge is 2.17. The van der Waals surface area contributed by atoms with Gasteiger partial charge in [-0.3, -0.25) is 0 Å². The van der Waals surface area contributed by atoms with Crippen LogP contribution in [0.4, 0.5) is 0 Å². The topological polar surface area (TPSA) is 44.2 Å². The number of rotatable bonds is 5. The molecule has 0 bridgehead atoms. The SMILES string of the molecule is COc1ccc(-c2cccc(-c3ccc(OC)cc3)c2-c2ncc3ccccc3n2)cc1. The fourth-order valence-electron chi connectivity index (χ4n) is 3.91. The van der Waals surface area contributed by atoms with Gasteiger partial charge in [0.15, 0.2) is 5.82 Å². The number of benzene rings is 4. The fraction of sp³-hybridized carbons (Fsp3) is 0.0714. The summed E-state index contributed by atoms with van der Waals surface area (Å²) < 4.78 is 10.7. The number of hydrogen-bond donors (Lipinski definition) is 0. The van der Waals surface area contributed by atoms with Gasteiger partial charge in [-0.1, -0.05) is 60.7 Å². The summed E-state index contributed by atoms with van der Waals surface area (Å²) >= 11 is 0. The molecular formula is C28H22N2O2. The van der Waals surface area contributed by atoms with Crippen LogP contribution >= 0.6 is 0 Å². The molecule has 5 rings (SSSR count). The van der Waals surface area contributed by atoms with E-state index in [0.29, 0.717) is 5.82 Å². The van der Waals surface area contributed by atoms with Crippen molar-refractivity contribution in [2.24, 2.45) is 0 Å². The Morgan fingerprint density at radius 1 is 0.594 bits per heavy atom. The molecule has 4 nitrogen and oxygen atoms in total. The van der Waals surface area contributed by atoms with E-state index < -0.39 is 0 Å². The van der Waals surface area contributed by atoms with Crippen LogP contribution in [0.15, 0.2) is 97.2 Å². The van der Waals surface area contributed by atoms with E-state index in [2.05, 4.69) is 42.5 Å². The average molecular weight is 418 g/mol. The van der Waals surface area contributed by atoms with Crippen LogP contribution in [0.1, 0.15) is 0 Å². The molecule has 0 N–H and O–H groups in total. The second-order valence-corrected chi connectivity index (χ2v) is 7.44. The molecule has 0 amide bonds. The number of hydrogen-bond acceptors (Lipinski definition) is 4. The number of fused-ring (bicyclic) bond motifs is 1.